The second kappa shape index (κ2) is 5.62. The van der Waals surface area contributed by atoms with Gasteiger partial charge in [-0.05, 0) is 12.8 Å². The first-order chi connectivity index (χ1) is 9.98. The maximum absolute atomic E-state index is 12.0. The molecule has 126 valence electrons. The lowest BCUT2D eigenvalue weighted by atomic mass is 10.0. The number of primary sulfonamides is 1. The van der Waals surface area contributed by atoms with Crippen LogP contribution in [-0.2, 0) is 29.5 Å². The van der Waals surface area contributed by atoms with Gasteiger partial charge in [-0.15, -0.1) is 4.28 Å². The number of fused-ring (bicyclic) bond motifs is 2. The Morgan fingerprint density at radius 2 is 2.00 bits per heavy atom. The molecular formula is C8H14N4O8S2. The third kappa shape index (κ3) is 3.83. The minimum Gasteiger partial charge on any atom is -0.339 e. The highest BCUT2D eigenvalue weighted by Gasteiger charge is 2.49. The number of nitrogens with one attached hydrogen (secondary N) is 1. The van der Waals surface area contributed by atoms with E-state index in [2.05, 4.69) is 9.60 Å². The first-order valence-electron chi connectivity index (χ1n) is 6.03. The number of sulfonamides is 1. The lowest BCUT2D eigenvalue weighted by Gasteiger charge is -2.29. The fraction of sp³-hybridized carbons (Fsp3) is 0.750. The van der Waals surface area contributed by atoms with Gasteiger partial charge in [0.05, 0.1) is 6.04 Å². The number of hydroxylamine groups is 2. The molecule has 22 heavy (non-hydrogen) atoms. The van der Waals surface area contributed by atoms with Crippen LogP contribution in [0.15, 0.2) is 0 Å². The Labute approximate surface area is 126 Å². The summed E-state index contributed by atoms with van der Waals surface area (Å²) in [5.41, 5.74) is 0. The molecule has 0 unspecified atom stereocenters. The van der Waals surface area contributed by atoms with Gasteiger partial charge in [0, 0.05) is 6.54 Å². The normalized spacial score (nSPS) is 25.5. The Balaban J connectivity index is 2.07. The monoisotopic (exact) mass is 358 g/mol. The highest BCUT2D eigenvalue weighted by molar-refractivity contribution is 7.89. The number of amides is 3. The fourth-order valence-corrected chi connectivity index (χ4v) is 3.13. The highest BCUT2D eigenvalue weighted by atomic mass is 32.3. The van der Waals surface area contributed by atoms with Crippen molar-refractivity contribution in [3.8, 4) is 0 Å². The van der Waals surface area contributed by atoms with Crippen LogP contribution in [0.5, 0.6) is 0 Å². The van der Waals surface area contributed by atoms with Crippen molar-refractivity contribution < 1.29 is 35.3 Å². The Kier molecular flexibility index (Phi) is 4.31. The molecule has 2 saturated heterocycles. The van der Waals surface area contributed by atoms with Gasteiger partial charge in [0.25, 0.3) is 0 Å². The van der Waals surface area contributed by atoms with E-state index in [1.165, 1.54) is 0 Å². The van der Waals surface area contributed by atoms with Gasteiger partial charge in [-0.2, -0.15) is 13.5 Å². The maximum atomic E-state index is 12.0. The molecule has 2 fully saturated rings. The SMILES string of the molecule is NS(=O)(=O)CNC(=O)[C@@H]1CC[C@@H]2CN1C(=O)N2OS(=O)(=O)O. The zero-order valence-corrected chi connectivity index (χ0v) is 12.7. The summed E-state index contributed by atoms with van der Waals surface area (Å²) in [5, 5.41) is 7.34. The molecule has 0 spiro atoms. The van der Waals surface area contributed by atoms with E-state index in [1.807, 2.05) is 0 Å². The smallest absolute Gasteiger partial charge is 0.339 e. The summed E-state index contributed by atoms with van der Waals surface area (Å²) in [6.07, 6.45) is 0.420. The number of nitrogens with two attached hydrogens (primary N) is 1. The molecule has 2 bridgehead atoms. The molecule has 0 saturated carbocycles. The van der Waals surface area contributed by atoms with E-state index in [0.29, 0.717) is 5.06 Å². The number of hydrogen-bond acceptors (Lipinski definition) is 7. The minimum absolute atomic E-state index is 0.0157. The quantitative estimate of drug-likeness (QED) is 0.446. The van der Waals surface area contributed by atoms with Crippen molar-refractivity contribution in [2.45, 2.75) is 24.9 Å². The van der Waals surface area contributed by atoms with Crippen LogP contribution < -0.4 is 10.5 Å². The number of piperidine rings is 1. The summed E-state index contributed by atoms with van der Waals surface area (Å²) in [7, 11) is -8.77. The summed E-state index contributed by atoms with van der Waals surface area (Å²) in [4.78, 5) is 25.0. The molecule has 0 aromatic heterocycles. The largest absolute Gasteiger partial charge is 0.418 e. The first-order valence-corrected chi connectivity index (χ1v) is 9.11. The van der Waals surface area contributed by atoms with Crippen LogP contribution in [0, 0.1) is 0 Å². The Hall–Kier alpha value is -1.48. The Morgan fingerprint density at radius 3 is 2.55 bits per heavy atom. The molecule has 2 atom stereocenters. The number of urea groups is 1. The van der Waals surface area contributed by atoms with Gasteiger partial charge in [-0.25, -0.2) is 18.4 Å². The topological polar surface area (TPSA) is 176 Å². The van der Waals surface area contributed by atoms with Crippen molar-refractivity contribution in [1.29, 1.82) is 0 Å². The van der Waals surface area contributed by atoms with Gasteiger partial charge in [0.2, 0.25) is 15.9 Å². The van der Waals surface area contributed by atoms with E-state index >= 15 is 0 Å². The van der Waals surface area contributed by atoms with Crippen LogP contribution >= 0.6 is 0 Å². The summed E-state index contributed by atoms with van der Waals surface area (Å²) >= 11 is 0. The van der Waals surface area contributed by atoms with Crippen LogP contribution in [0.1, 0.15) is 12.8 Å². The van der Waals surface area contributed by atoms with Crippen LogP contribution in [0.4, 0.5) is 4.79 Å². The van der Waals surface area contributed by atoms with Gasteiger partial charge in [0.1, 0.15) is 11.9 Å². The lowest BCUT2D eigenvalue weighted by molar-refractivity contribution is -0.125. The second-order valence-electron chi connectivity index (χ2n) is 4.86. The molecule has 2 aliphatic heterocycles. The third-order valence-electron chi connectivity index (χ3n) is 3.25. The van der Waals surface area contributed by atoms with Crippen LogP contribution in [0.2, 0.25) is 0 Å². The Morgan fingerprint density at radius 1 is 1.36 bits per heavy atom. The minimum atomic E-state index is -4.86. The molecule has 0 aromatic rings. The summed E-state index contributed by atoms with van der Waals surface area (Å²) < 4.78 is 55.9. The van der Waals surface area contributed by atoms with Crippen LogP contribution in [-0.4, -0.2) is 67.8 Å². The van der Waals surface area contributed by atoms with E-state index in [4.69, 9.17) is 9.69 Å². The highest BCUT2D eigenvalue weighted by Crippen LogP contribution is 2.30. The number of hydrogen-bond donors (Lipinski definition) is 3. The molecule has 12 nitrogen and oxygen atoms in total. The Bertz CT molecular complexity index is 689. The van der Waals surface area contributed by atoms with Crippen LogP contribution in [0.25, 0.3) is 0 Å². The van der Waals surface area contributed by atoms with Gasteiger partial charge < -0.3 is 10.2 Å². The van der Waals surface area contributed by atoms with Gasteiger partial charge in [-0.1, -0.05) is 0 Å². The number of nitrogens with zero attached hydrogens (tertiary/aromatic N) is 2. The predicted molar refractivity (Wildman–Crippen MR) is 69.5 cm³/mol. The molecule has 2 rings (SSSR count). The van der Waals surface area contributed by atoms with Crippen molar-refractivity contribution >= 4 is 32.4 Å². The number of carbonyl (C=O) groups is 2. The van der Waals surface area contributed by atoms with Crippen molar-refractivity contribution in [2.24, 2.45) is 5.14 Å². The number of rotatable bonds is 5. The summed E-state index contributed by atoms with van der Waals surface area (Å²) in [6, 6.07) is -2.51. The summed E-state index contributed by atoms with van der Waals surface area (Å²) in [5.74, 6) is -1.51. The van der Waals surface area contributed by atoms with E-state index in [-0.39, 0.29) is 19.4 Å². The third-order valence-corrected chi connectivity index (χ3v) is 4.14. The van der Waals surface area contributed by atoms with Crippen molar-refractivity contribution in [2.75, 3.05) is 12.4 Å². The van der Waals surface area contributed by atoms with Crippen LogP contribution in [0.3, 0.4) is 0 Å². The molecule has 0 radical (unpaired) electrons. The molecule has 2 heterocycles. The van der Waals surface area contributed by atoms with E-state index in [9.17, 15) is 26.4 Å². The first kappa shape index (κ1) is 16.9. The molecular weight excluding hydrogens is 344 g/mol. The van der Waals surface area contributed by atoms with Crippen molar-refractivity contribution in [3.63, 3.8) is 0 Å². The van der Waals surface area contributed by atoms with Gasteiger partial charge in [0.15, 0.2) is 0 Å². The summed E-state index contributed by atoms with van der Waals surface area (Å²) in [6.45, 7) is 0.0157. The molecule has 14 heteroatoms. The van der Waals surface area contributed by atoms with Gasteiger partial charge in [-0.3, -0.25) is 9.35 Å². The molecule has 4 N–H and O–H groups in total. The molecule has 0 aromatic carbocycles. The average Bonchev–Trinajstić information content (AvgIpc) is 2.59. The lowest BCUT2D eigenvalue weighted by Crippen LogP contribution is -2.51. The molecule has 3 amide bonds. The van der Waals surface area contributed by atoms with Crippen molar-refractivity contribution in [3.05, 3.63) is 0 Å². The van der Waals surface area contributed by atoms with E-state index < -0.39 is 50.3 Å². The molecule has 0 aliphatic carbocycles. The average molecular weight is 358 g/mol. The standard InChI is InChI=1S/C8H14N4O8S2/c9-21(15,16)4-10-7(13)6-2-1-5-3-11(6)8(14)12(5)20-22(17,18)19/h5-6H,1-4H2,(H,10,13)(H2,9,15,16)(H,17,18,19)/t5-,6+/m1/s1. The zero-order chi connectivity index (χ0) is 16.7. The second-order valence-corrected chi connectivity index (χ2v) is 7.48. The molecule has 2 aliphatic rings. The maximum Gasteiger partial charge on any atom is 0.418 e. The van der Waals surface area contributed by atoms with Gasteiger partial charge >= 0.3 is 16.4 Å². The van der Waals surface area contributed by atoms with E-state index in [0.717, 1.165) is 4.90 Å². The number of carbonyl (C=O) groups excluding carboxylic acids is 2. The zero-order valence-electron chi connectivity index (χ0n) is 11.1. The predicted octanol–water partition coefficient (Wildman–Crippen LogP) is -2.65. The van der Waals surface area contributed by atoms with E-state index in [1.54, 1.807) is 0 Å². The fourth-order valence-electron chi connectivity index (χ4n) is 2.39. The van der Waals surface area contributed by atoms with Crippen molar-refractivity contribution in [1.82, 2.24) is 15.3 Å².